The summed E-state index contributed by atoms with van der Waals surface area (Å²) in [4.78, 5) is 17.6. The van der Waals surface area contributed by atoms with Crippen molar-refractivity contribution in [3.8, 4) is 5.75 Å². The second kappa shape index (κ2) is 6.22. The maximum Gasteiger partial charge on any atom is 0.265 e. The molecule has 1 aliphatic heterocycles. The summed E-state index contributed by atoms with van der Waals surface area (Å²) in [5.74, 6) is 0.645. The lowest BCUT2D eigenvalue weighted by Crippen LogP contribution is -2.38. The van der Waals surface area contributed by atoms with E-state index in [2.05, 4.69) is 14.9 Å². The lowest BCUT2D eigenvalue weighted by Gasteiger charge is -2.29. The molecule has 2 aromatic rings. The highest BCUT2D eigenvalue weighted by Gasteiger charge is 2.33. The van der Waals surface area contributed by atoms with Crippen molar-refractivity contribution in [2.75, 3.05) is 11.5 Å². The highest BCUT2D eigenvalue weighted by molar-refractivity contribution is 7.89. The zero-order valence-electron chi connectivity index (χ0n) is 13.7. The van der Waals surface area contributed by atoms with Crippen molar-refractivity contribution in [3.05, 3.63) is 28.9 Å². The van der Waals surface area contributed by atoms with Crippen LogP contribution in [0.3, 0.4) is 0 Å². The van der Waals surface area contributed by atoms with Crippen molar-refractivity contribution in [2.24, 2.45) is 0 Å². The van der Waals surface area contributed by atoms with Crippen LogP contribution in [0, 0.1) is 6.92 Å². The molecule has 11 heteroatoms. The highest BCUT2D eigenvalue weighted by Crippen LogP contribution is 2.39. The number of amides is 1. The lowest BCUT2D eigenvalue weighted by atomic mass is 10.2. The van der Waals surface area contributed by atoms with Gasteiger partial charge in [0.05, 0.1) is 17.3 Å². The third-order valence-electron chi connectivity index (χ3n) is 4.01. The number of fused-ring (bicyclic) bond motifs is 1. The minimum atomic E-state index is -3.75. The topological polar surface area (TPSA) is 115 Å². The average Bonchev–Trinajstić information content (AvgIpc) is 3.28. The second-order valence-corrected chi connectivity index (χ2v) is 8.23. The Morgan fingerprint density at radius 2 is 2.15 bits per heavy atom. The Morgan fingerprint density at radius 1 is 1.38 bits per heavy atom. The Labute approximate surface area is 154 Å². The fourth-order valence-corrected chi connectivity index (χ4v) is 4.45. The minimum Gasteiger partial charge on any atom is -0.482 e. The molecule has 9 nitrogen and oxygen atoms in total. The molecule has 0 unspecified atom stereocenters. The van der Waals surface area contributed by atoms with Crippen molar-refractivity contribution in [1.82, 2.24) is 14.9 Å². The van der Waals surface area contributed by atoms with Gasteiger partial charge >= 0.3 is 0 Å². The molecule has 0 bridgehead atoms. The van der Waals surface area contributed by atoms with E-state index in [0.29, 0.717) is 17.4 Å². The van der Waals surface area contributed by atoms with Crippen molar-refractivity contribution in [3.63, 3.8) is 0 Å². The van der Waals surface area contributed by atoms with Gasteiger partial charge in [0.25, 0.3) is 5.91 Å². The zero-order valence-corrected chi connectivity index (χ0v) is 15.3. The molecule has 2 heterocycles. The molecule has 138 valence electrons. The van der Waals surface area contributed by atoms with Crippen molar-refractivity contribution < 1.29 is 22.5 Å². The fourth-order valence-electron chi connectivity index (χ4n) is 2.61. The number of hydrogen-bond donors (Lipinski definition) is 1. The third-order valence-corrected chi connectivity index (χ3v) is 6.00. The molecule has 2 aliphatic rings. The molecule has 0 radical (unpaired) electrons. The monoisotopic (exact) mass is 398 g/mol. The van der Waals surface area contributed by atoms with Crippen LogP contribution in [-0.2, 0) is 21.4 Å². The molecule has 26 heavy (non-hydrogen) atoms. The van der Waals surface area contributed by atoms with E-state index in [1.165, 1.54) is 17.0 Å². The smallest absolute Gasteiger partial charge is 0.265 e. The summed E-state index contributed by atoms with van der Waals surface area (Å²) in [5.41, 5.74) is 0.360. The molecule has 1 fully saturated rings. The van der Waals surface area contributed by atoms with E-state index in [4.69, 9.17) is 20.9 Å². The Balaban J connectivity index is 1.70. The van der Waals surface area contributed by atoms with Crippen LogP contribution in [0.2, 0.25) is 5.02 Å². The summed E-state index contributed by atoms with van der Waals surface area (Å²) >= 11 is 6.21. The van der Waals surface area contributed by atoms with E-state index in [-0.39, 0.29) is 40.8 Å². The number of nitrogens with zero attached hydrogens (tertiary/aromatic N) is 3. The predicted octanol–water partition coefficient (Wildman–Crippen LogP) is 1.40. The SMILES string of the molecule is Cc1nc(CN2C(=O)COc3cc(S(=O)(=O)NC4CC4)c(Cl)cc32)no1. The number of hydrogen-bond acceptors (Lipinski definition) is 7. The minimum absolute atomic E-state index is 0.00416. The molecule has 1 aromatic heterocycles. The number of rotatable bonds is 5. The zero-order chi connectivity index (χ0) is 18.5. The molecule has 1 aliphatic carbocycles. The second-order valence-electron chi connectivity index (χ2n) is 6.14. The molecular weight excluding hydrogens is 384 g/mol. The standard InChI is InChI=1S/C15H15ClN4O5S/c1-8-17-14(18-25-8)6-20-11-4-10(16)13(5-12(11)24-7-15(20)21)26(22,23)19-9-2-3-9/h4-5,9,19H,2-3,6-7H2,1H3. The van der Waals surface area contributed by atoms with Crippen molar-refractivity contribution in [2.45, 2.75) is 37.2 Å². The van der Waals surface area contributed by atoms with E-state index in [0.717, 1.165) is 12.8 Å². The summed E-state index contributed by atoms with van der Waals surface area (Å²) in [6.07, 6.45) is 1.62. The molecule has 4 rings (SSSR count). The van der Waals surface area contributed by atoms with Gasteiger partial charge in [-0.05, 0) is 18.9 Å². The Bertz CT molecular complexity index is 986. The fraction of sp³-hybridized carbons (Fsp3) is 0.400. The van der Waals surface area contributed by atoms with Crippen LogP contribution >= 0.6 is 11.6 Å². The van der Waals surface area contributed by atoms with Gasteiger partial charge in [0.2, 0.25) is 15.9 Å². The summed E-state index contributed by atoms with van der Waals surface area (Å²) in [7, 11) is -3.75. The number of sulfonamides is 1. The van der Waals surface area contributed by atoms with Crippen LogP contribution in [-0.4, -0.2) is 37.1 Å². The van der Waals surface area contributed by atoms with E-state index in [1.807, 2.05) is 0 Å². The first-order valence-corrected chi connectivity index (χ1v) is 9.78. The normalized spacial score (nSPS) is 17.2. The van der Waals surface area contributed by atoms with Crippen LogP contribution in [0.25, 0.3) is 0 Å². The summed E-state index contributed by atoms with van der Waals surface area (Å²) in [5, 5.41) is 3.78. The summed E-state index contributed by atoms with van der Waals surface area (Å²) in [6, 6.07) is 2.69. The van der Waals surface area contributed by atoms with Crippen molar-refractivity contribution >= 4 is 33.2 Å². The van der Waals surface area contributed by atoms with Crippen molar-refractivity contribution in [1.29, 1.82) is 0 Å². The first-order chi connectivity index (χ1) is 12.3. The number of halogens is 1. The molecule has 1 N–H and O–H groups in total. The first-order valence-electron chi connectivity index (χ1n) is 7.92. The van der Waals surface area contributed by atoms with Gasteiger partial charge in [0, 0.05) is 19.0 Å². The Kier molecular flexibility index (Phi) is 4.13. The molecular formula is C15H15ClN4O5S. The van der Waals surface area contributed by atoms with Gasteiger partial charge in [-0.25, -0.2) is 13.1 Å². The molecule has 1 saturated carbocycles. The van der Waals surface area contributed by atoms with Gasteiger partial charge in [-0.2, -0.15) is 4.98 Å². The molecule has 0 spiro atoms. The van der Waals surface area contributed by atoms with Crippen LogP contribution in [0.1, 0.15) is 24.6 Å². The van der Waals surface area contributed by atoms with E-state index >= 15 is 0 Å². The maximum atomic E-state index is 12.5. The first kappa shape index (κ1) is 17.3. The van der Waals surface area contributed by atoms with Crippen LogP contribution < -0.4 is 14.4 Å². The van der Waals surface area contributed by atoms with Gasteiger partial charge in [-0.1, -0.05) is 16.8 Å². The van der Waals surface area contributed by atoms with Gasteiger partial charge in [0.15, 0.2) is 12.4 Å². The van der Waals surface area contributed by atoms with Gasteiger partial charge < -0.3 is 9.26 Å². The van der Waals surface area contributed by atoms with Crippen LogP contribution in [0.4, 0.5) is 5.69 Å². The Morgan fingerprint density at radius 3 is 2.81 bits per heavy atom. The third kappa shape index (κ3) is 3.27. The quantitative estimate of drug-likeness (QED) is 0.809. The largest absolute Gasteiger partial charge is 0.482 e. The average molecular weight is 399 g/mol. The Hall–Kier alpha value is -2.17. The van der Waals surface area contributed by atoms with E-state index in [1.54, 1.807) is 6.92 Å². The van der Waals surface area contributed by atoms with Crippen LogP contribution in [0.15, 0.2) is 21.6 Å². The van der Waals surface area contributed by atoms with Gasteiger partial charge in [-0.3, -0.25) is 9.69 Å². The molecule has 1 aromatic carbocycles. The number of benzene rings is 1. The number of carbonyl (C=O) groups excluding carboxylic acids is 1. The highest BCUT2D eigenvalue weighted by atomic mass is 35.5. The lowest BCUT2D eigenvalue weighted by molar-refractivity contribution is -0.121. The van der Waals surface area contributed by atoms with E-state index < -0.39 is 10.0 Å². The number of anilines is 1. The molecule has 0 saturated heterocycles. The number of carbonyl (C=O) groups is 1. The summed E-state index contributed by atoms with van der Waals surface area (Å²) in [6.45, 7) is 1.49. The number of ether oxygens (including phenoxy) is 1. The number of aromatic nitrogens is 2. The van der Waals surface area contributed by atoms with Gasteiger partial charge in [-0.15, -0.1) is 0 Å². The predicted molar refractivity (Wildman–Crippen MR) is 90.5 cm³/mol. The van der Waals surface area contributed by atoms with Gasteiger partial charge in [0.1, 0.15) is 10.6 Å². The van der Waals surface area contributed by atoms with E-state index in [9.17, 15) is 13.2 Å². The maximum absolute atomic E-state index is 12.5. The number of nitrogens with one attached hydrogen (secondary N) is 1. The molecule has 1 amide bonds. The van der Waals surface area contributed by atoms with Crippen LogP contribution in [0.5, 0.6) is 5.75 Å². The summed E-state index contributed by atoms with van der Waals surface area (Å²) < 4.78 is 37.8. The number of aryl methyl sites for hydroxylation is 1. The molecule has 0 atom stereocenters.